The van der Waals surface area contributed by atoms with Gasteiger partial charge in [0.1, 0.15) is 6.73 Å². The molecule has 0 radical (unpaired) electrons. The summed E-state index contributed by atoms with van der Waals surface area (Å²) in [6.07, 6.45) is 4.63. The van der Waals surface area contributed by atoms with E-state index < -0.39 is 0 Å². The quantitative estimate of drug-likeness (QED) is 0.727. The number of pyridine rings is 2. The van der Waals surface area contributed by atoms with E-state index in [0.717, 1.165) is 24.1 Å². The van der Waals surface area contributed by atoms with Crippen molar-refractivity contribution in [2.75, 3.05) is 18.2 Å². The third kappa shape index (κ3) is 2.16. The summed E-state index contributed by atoms with van der Waals surface area (Å²) >= 11 is 0. The standard InChI is InChI=1S/C15H19N3O/c1-15(2,3)18-10-19-8-6-11-9-17-14-12(13(11)18)5-4-7-16-14/h4-5,7,9H,6,8,10H2,1-3H3. The minimum Gasteiger partial charge on any atom is -0.361 e. The summed E-state index contributed by atoms with van der Waals surface area (Å²) in [4.78, 5) is 11.1. The lowest BCUT2D eigenvalue weighted by Crippen LogP contribution is -2.42. The number of anilines is 1. The number of hydrogen-bond acceptors (Lipinski definition) is 4. The van der Waals surface area contributed by atoms with E-state index in [9.17, 15) is 0 Å². The second-order valence-electron chi connectivity index (χ2n) is 5.89. The fraction of sp³-hybridized carbons (Fsp3) is 0.467. The Labute approximate surface area is 113 Å². The fourth-order valence-electron chi connectivity index (χ4n) is 2.49. The third-order valence-electron chi connectivity index (χ3n) is 3.50. The second-order valence-corrected chi connectivity index (χ2v) is 5.89. The molecule has 4 nitrogen and oxygen atoms in total. The molecule has 0 saturated carbocycles. The number of fused-ring (bicyclic) bond motifs is 3. The maximum atomic E-state index is 5.74. The Bertz CT molecular complexity index is 604. The molecule has 0 unspecified atom stereocenters. The Morgan fingerprint density at radius 2 is 2.11 bits per heavy atom. The maximum Gasteiger partial charge on any atom is 0.161 e. The summed E-state index contributed by atoms with van der Waals surface area (Å²) < 4.78 is 5.74. The zero-order chi connectivity index (χ0) is 13.5. The fourth-order valence-corrected chi connectivity index (χ4v) is 2.49. The molecule has 0 saturated heterocycles. The number of aromatic nitrogens is 2. The van der Waals surface area contributed by atoms with Crippen LogP contribution in [0.2, 0.25) is 0 Å². The van der Waals surface area contributed by atoms with Gasteiger partial charge in [-0.05, 0) is 44.9 Å². The maximum absolute atomic E-state index is 5.74. The van der Waals surface area contributed by atoms with Crippen LogP contribution >= 0.6 is 0 Å². The first-order valence-electron chi connectivity index (χ1n) is 6.65. The Morgan fingerprint density at radius 3 is 2.89 bits per heavy atom. The molecule has 0 fully saturated rings. The van der Waals surface area contributed by atoms with E-state index in [1.54, 1.807) is 6.20 Å². The molecule has 1 aliphatic heterocycles. The molecule has 0 aliphatic carbocycles. The van der Waals surface area contributed by atoms with Gasteiger partial charge in [0.05, 0.1) is 12.3 Å². The van der Waals surface area contributed by atoms with E-state index in [0.29, 0.717) is 6.73 Å². The number of nitrogens with zero attached hydrogens (tertiary/aromatic N) is 3. The van der Waals surface area contributed by atoms with E-state index >= 15 is 0 Å². The topological polar surface area (TPSA) is 38.2 Å². The molecule has 0 atom stereocenters. The summed E-state index contributed by atoms with van der Waals surface area (Å²) in [5.74, 6) is 0. The highest BCUT2D eigenvalue weighted by Crippen LogP contribution is 2.34. The molecule has 3 rings (SSSR count). The number of rotatable bonds is 0. The van der Waals surface area contributed by atoms with Gasteiger partial charge in [0.15, 0.2) is 5.65 Å². The zero-order valence-electron chi connectivity index (χ0n) is 11.7. The van der Waals surface area contributed by atoms with Crippen molar-refractivity contribution in [3.05, 3.63) is 30.1 Å². The van der Waals surface area contributed by atoms with Gasteiger partial charge in [0.2, 0.25) is 0 Å². The van der Waals surface area contributed by atoms with Gasteiger partial charge >= 0.3 is 0 Å². The highest BCUT2D eigenvalue weighted by molar-refractivity contribution is 5.91. The largest absolute Gasteiger partial charge is 0.361 e. The average molecular weight is 257 g/mol. The van der Waals surface area contributed by atoms with Crippen molar-refractivity contribution in [3.63, 3.8) is 0 Å². The van der Waals surface area contributed by atoms with Gasteiger partial charge in [-0.2, -0.15) is 0 Å². The van der Waals surface area contributed by atoms with Crippen molar-refractivity contribution in [3.8, 4) is 0 Å². The van der Waals surface area contributed by atoms with Gasteiger partial charge in [-0.15, -0.1) is 0 Å². The van der Waals surface area contributed by atoms with Crippen LogP contribution in [0.4, 0.5) is 5.69 Å². The summed E-state index contributed by atoms with van der Waals surface area (Å²) in [5.41, 5.74) is 3.27. The molecule has 3 heterocycles. The van der Waals surface area contributed by atoms with Crippen molar-refractivity contribution in [2.45, 2.75) is 32.7 Å². The monoisotopic (exact) mass is 257 g/mol. The normalized spacial score (nSPS) is 16.3. The van der Waals surface area contributed by atoms with Gasteiger partial charge in [-0.25, -0.2) is 9.97 Å². The van der Waals surface area contributed by atoms with E-state index in [1.165, 1.54) is 11.3 Å². The molecule has 100 valence electrons. The first-order valence-corrected chi connectivity index (χ1v) is 6.65. The lowest BCUT2D eigenvalue weighted by Gasteiger charge is -2.37. The molecular formula is C15H19N3O. The van der Waals surface area contributed by atoms with Crippen LogP contribution in [0.1, 0.15) is 26.3 Å². The van der Waals surface area contributed by atoms with Gasteiger partial charge in [0, 0.05) is 23.3 Å². The second kappa shape index (κ2) is 4.46. The van der Waals surface area contributed by atoms with Crippen LogP contribution in [0.25, 0.3) is 11.0 Å². The van der Waals surface area contributed by atoms with E-state index in [1.807, 2.05) is 12.3 Å². The van der Waals surface area contributed by atoms with Crippen LogP contribution in [-0.2, 0) is 11.2 Å². The predicted octanol–water partition coefficient (Wildman–Crippen LogP) is 2.76. The van der Waals surface area contributed by atoms with Crippen LogP contribution in [0.15, 0.2) is 24.5 Å². The van der Waals surface area contributed by atoms with Crippen LogP contribution in [-0.4, -0.2) is 28.8 Å². The minimum absolute atomic E-state index is 0.00319. The molecule has 2 aromatic rings. The van der Waals surface area contributed by atoms with Crippen molar-refractivity contribution < 1.29 is 4.74 Å². The van der Waals surface area contributed by atoms with Gasteiger partial charge in [0.25, 0.3) is 0 Å². The van der Waals surface area contributed by atoms with Crippen LogP contribution in [0, 0.1) is 0 Å². The molecule has 19 heavy (non-hydrogen) atoms. The van der Waals surface area contributed by atoms with Crippen molar-refractivity contribution in [2.24, 2.45) is 0 Å². The summed E-state index contributed by atoms with van der Waals surface area (Å²) in [7, 11) is 0. The summed E-state index contributed by atoms with van der Waals surface area (Å²) in [5, 5.41) is 1.11. The van der Waals surface area contributed by atoms with Crippen LogP contribution in [0.5, 0.6) is 0 Å². The predicted molar refractivity (Wildman–Crippen MR) is 76.3 cm³/mol. The molecule has 0 N–H and O–H groups in total. The SMILES string of the molecule is CC(C)(C)N1COCCc2cnc3ncccc3c21. The Kier molecular flexibility index (Phi) is 2.90. The first kappa shape index (κ1) is 12.4. The Balaban J connectivity index is 2.28. The number of hydrogen-bond donors (Lipinski definition) is 0. The van der Waals surface area contributed by atoms with Crippen LogP contribution in [0.3, 0.4) is 0 Å². The van der Waals surface area contributed by atoms with Gasteiger partial charge in [-0.3, -0.25) is 0 Å². The molecule has 4 heteroatoms. The Hall–Kier alpha value is -1.68. The third-order valence-corrected chi connectivity index (χ3v) is 3.50. The van der Waals surface area contributed by atoms with Gasteiger partial charge in [-0.1, -0.05) is 0 Å². The molecule has 0 spiro atoms. The van der Waals surface area contributed by atoms with E-state index in [-0.39, 0.29) is 5.54 Å². The summed E-state index contributed by atoms with van der Waals surface area (Å²) in [6.45, 7) is 7.97. The van der Waals surface area contributed by atoms with Crippen molar-refractivity contribution >= 4 is 16.7 Å². The molecule has 1 aliphatic rings. The lowest BCUT2D eigenvalue weighted by atomic mass is 10.0. The van der Waals surface area contributed by atoms with Crippen molar-refractivity contribution in [1.82, 2.24) is 9.97 Å². The highest BCUT2D eigenvalue weighted by Gasteiger charge is 2.27. The van der Waals surface area contributed by atoms with E-state index in [4.69, 9.17) is 4.74 Å². The summed E-state index contributed by atoms with van der Waals surface area (Å²) in [6, 6.07) is 4.06. The lowest BCUT2D eigenvalue weighted by molar-refractivity contribution is 0.131. The van der Waals surface area contributed by atoms with Crippen LogP contribution < -0.4 is 4.90 Å². The molecule has 0 aromatic carbocycles. The highest BCUT2D eigenvalue weighted by atomic mass is 16.5. The Morgan fingerprint density at radius 1 is 1.26 bits per heavy atom. The number of ether oxygens (including phenoxy) is 1. The van der Waals surface area contributed by atoms with Gasteiger partial charge < -0.3 is 9.64 Å². The molecule has 2 aromatic heterocycles. The smallest absolute Gasteiger partial charge is 0.161 e. The average Bonchev–Trinajstić information content (AvgIpc) is 2.60. The minimum atomic E-state index is 0.00319. The molecule has 0 bridgehead atoms. The first-order chi connectivity index (χ1) is 9.07. The van der Waals surface area contributed by atoms with Crippen molar-refractivity contribution in [1.29, 1.82) is 0 Å². The zero-order valence-corrected chi connectivity index (χ0v) is 11.7. The van der Waals surface area contributed by atoms with E-state index in [2.05, 4.69) is 41.7 Å². The molecule has 0 amide bonds. The molecular weight excluding hydrogens is 238 g/mol.